The van der Waals surface area contributed by atoms with E-state index in [1.165, 1.54) is 70.6 Å². The number of hydrogen-bond donors (Lipinski definition) is 1. The van der Waals surface area contributed by atoms with Crippen molar-refractivity contribution < 1.29 is 14.6 Å². The fraction of sp³-hybridized carbons (Fsp3) is 0.947. The molecule has 0 amide bonds. The lowest BCUT2D eigenvalue weighted by molar-refractivity contribution is 0.0431. The van der Waals surface area contributed by atoms with Gasteiger partial charge in [0.15, 0.2) is 0 Å². The molecular formula is C19H38O3. The molecular weight excluding hydrogens is 276 g/mol. The van der Waals surface area contributed by atoms with Gasteiger partial charge in [-0.15, -0.1) is 0 Å². The minimum absolute atomic E-state index is 0.0920. The van der Waals surface area contributed by atoms with Crippen molar-refractivity contribution in [3.63, 3.8) is 0 Å². The molecule has 0 fully saturated rings. The Hall–Kier alpha value is -0.730. The smallest absolute Gasteiger partial charge is 0.450 e. The van der Waals surface area contributed by atoms with Crippen molar-refractivity contribution in [2.75, 3.05) is 0 Å². The van der Waals surface area contributed by atoms with Crippen LogP contribution in [0.15, 0.2) is 0 Å². The first-order valence-electron chi connectivity index (χ1n) is 9.60. The van der Waals surface area contributed by atoms with Crippen LogP contribution in [0.3, 0.4) is 0 Å². The average Bonchev–Trinajstić information content (AvgIpc) is 2.48. The summed E-state index contributed by atoms with van der Waals surface area (Å²) in [4.78, 5) is 10.6. The summed E-state index contributed by atoms with van der Waals surface area (Å²) >= 11 is 0. The predicted molar refractivity (Wildman–Crippen MR) is 93.5 cm³/mol. The molecule has 132 valence electrons. The van der Waals surface area contributed by atoms with Crippen molar-refractivity contribution in [2.24, 2.45) is 0 Å². The summed E-state index contributed by atoms with van der Waals surface area (Å²) in [5.74, 6) is 0. The van der Waals surface area contributed by atoms with Gasteiger partial charge in [0.2, 0.25) is 0 Å². The number of ether oxygens (including phenoxy) is 1. The zero-order valence-electron chi connectivity index (χ0n) is 14.9. The highest BCUT2D eigenvalue weighted by molar-refractivity contribution is 5.57. The lowest BCUT2D eigenvalue weighted by Crippen LogP contribution is -2.16. The van der Waals surface area contributed by atoms with Crippen molar-refractivity contribution in [1.82, 2.24) is 0 Å². The van der Waals surface area contributed by atoms with Gasteiger partial charge in [0.1, 0.15) is 6.10 Å². The third kappa shape index (κ3) is 15.7. The number of hydrogen-bond acceptors (Lipinski definition) is 2. The normalized spacial score (nSPS) is 12.3. The molecule has 0 aromatic carbocycles. The van der Waals surface area contributed by atoms with E-state index in [0.717, 1.165) is 25.7 Å². The Morgan fingerprint density at radius 1 is 0.727 bits per heavy atom. The van der Waals surface area contributed by atoms with Crippen LogP contribution in [0.4, 0.5) is 4.79 Å². The molecule has 0 aliphatic rings. The Labute approximate surface area is 137 Å². The van der Waals surface area contributed by atoms with Crippen LogP contribution in [0.2, 0.25) is 0 Å². The van der Waals surface area contributed by atoms with E-state index < -0.39 is 6.16 Å². The largest absolute Gasteiger partial charge is 0.506 e. The zero-order valence-corrected chi connectivity index (χ0v) is 14.9. The zero-order chi connectivity index (χ0) is 16.5. The summed E-state index contributed by atoms with van der Waals surface area (Å²) in [6.07, 6.45) is 17.5. The molecule has 1 atom stereocenters. The summed E-state index contributed by atoms with van der Waals surface area (Å²) in [6.45, 7) is 4.33. The van der Waals surface area contributed by atoms with E-state index in [0.29, 0.717) is 0 Å². The molecule has 0 aromatic heterocycles. The van der Waals surface area contributed by atoms with E-state index >= 15 is 0 Å². The van der Waals surface area contributed by atoms with Gasteiger partial charge in [-0.25, -0.2) is 4.79 Å². The molecule has 0 aromatic rings. The van der Waals surface area contributed by atoms with Gasteiger partial charge in [-0.2, -0.15) is 0 Å². The van der Waals surface area contributed by atoms with Gasteiger partial charge in [0.05, 0.1) is 0 Å². The molecule has 3 heteroatoms. The van der Waals surface area contributed by atoms with Gasteiger partial charge in [-0.05, 0) is 19.3 Å². The van der Waals surface area contributed by atoms with Gasteiger partial charge in [-0.3, -0.25) is 0 Å². The standard InChI is InChI=1S/C19H38O3/c1-3-5-6-7-8-9-10-11-12-13-14-15-17-18(16-4-2)22-19(20)21/h18H,3-17H2,1-2H3,(H,20,21). The van der Waals surface area contributed by atoms with Crippen LogP contribution in [0.25, 0.3) is 0 Å². The Bertz CT molecular complexity index is 241. The van der Waals surface area contributed by atoms with E-state index in [2.05, 4.69) is 13.8 Å². The number of carboxylic acid groups (broad SMARTS) is 1. The lowest BCUT2D eigenvalue weighted by atomic mass is 10.0. The molecule has 1 unspecified atom stereocenters. The fourth-order valence-corrected chi connectivity index (χ4v) is 2.94. The maximum Gasteiger partial charge on any atom is 0.506 e. The SMILES string of the molecule is CCCCCCCCCCCCCCC(CCC)OC(=O)O. The Kier molecular flexibility index (Phi) is 16.1. The second kappa shape index (κ2) is 16.6. The number of unbranched alkanes of at least 4 members (excludes halogenated alkanes) is 11. The predicted octanol–water partition coefficient (Wildman–Crippen LogP) is 6.94. The topological polar surface area (TPSA) is 46.5 Å². The summed E-state index contributed by atoms with van der Waals surface area (Å²) in [6, 6.07) is 0. The number of rotatable bonds is 16. The van der Waals surface area contributed by atoms with Crippen LogP contribution in [0, 0.1) is 0 Å². The molecule has 0 rings (SSSR count). The quantitative estimate of drug-likeness (QED) is 0.248. The van der Waals surface area contributed by atoms with Crippen molar-refractivity contribution >= 4 is 6.16 Å². The molecule has 0 aliphatic heterocycles. The molecule has 1 N–H and O–H groups in total. The van der Waals surface area contributed by atoms with E-state index in [1.807, 2.05) is 0 Å². The third-order valence-electron chi connectivity index (χ3n) is 4.26. The van der Waals surface area contributed by atoms with Crippen molar-refractivity contribution in [3.05, 3.63) is 0 Å². The maximum atomic E-state index is 10.6. The van der Waals surface area contributed by atoms with Crippen molar-refractivity contribution in [1.29, 1.82) is 0 Å². The highest BCUT2D eigenvalue weighted by Crippen LogP contribution is 2.15. The Morgan fingerprint density at radius 3 is 1.59 bits per heavy atom. The molecule has 0 aliphatic carbocycles. The molecule has 3 nitrogen and oxygen atoms in total. The second-order valence-electron chi connectivity index (χ2n) is 6.47. The maximum absolute atomic E-state index is 10.6. The van der Waals surface area contributed by atoms with E-state index in [-0.39, 0.29) is 6.10 Å². The molecule has 0 bridgehead atoms. The van der Waals surface area contributed by atoms with Gasteiger partial charge in [-0.1, -0.05) is 90.9 Å². The highest BCUT2D eigenvalue weighted by atomic mass is 16.7. The lowest BCUT2D eigenvalue weighted by Gasteiger charge is -2.14. The molecule has 0 radical (unpaired) electrons. The average molecular weight is 315 g/mol. The molecule has 0 saturated heterocycles. The summed E-state index contributed by atoms with van der Waals surface area (Å²) in [7, 11) is 0. The first kappa shape index (κ1) is 21.3. The monoisotopic (exact) mass is 314 g/mol. The van der Waals surface area contributed by atoms with Crippen LogP contribution >= 0.6 is 0 Å². The van der Waals surface area contributed by atoms with Crippen LogP contribution in [-0.2, 0) is 4.74 Å². The van der Waals surface area contributed by atoms with Gasteiger partial charge in [0.25, 0.3) is 0 Å². The summed E-state index contributed by atoms with van der Waals surface area (Å²) < 4.78 is 4.91. The van der Waals surface area contributed by atoms with Crippen LogP contribution in [0.1, 0.15) is 110 Å². The van der Waals surface area contributed by atoms with Crippen LogP contribution < -0.4 is 0 Å². The summed E-state index contributed by atoms with van der Waals surface area (Å²) in [5.41, 5.74) is 0. The van der Waals surface area contributed by atoms with Crippen molar-refractivity contribution in [3.8, 4) is 0 Å². The molecule has 0 heterocycles. The first-order chi connectivity index (χ1) is 10.7. The summed E-state index contributed by atoms with van der Waals surface area (Å²) in [5, 5.41) is 8.68. The van der Waals surface area contributed by atoms with Crippen LogP contribution in [-0.4, -0.2) is 17.4 Å². The minimum atomic E-state index is -1.13. The van der Waals surface area contributed by atoms with Crippen LogP contribution in [0.5, 0.6) is 0 Å². The first-order valence-corrected chi connectivity index (χ1v) is 9.60. The van der Waals surface area contributed by atoms with E-state index in [4.69, 9.17) is 9.84 Å². The van der Waals surface area contributed by atoms with E-state index in [1.54, 1.807) is 0 Å². The van der Waals surface area contributed by atoms with Crippen molar-refractivity contribution in [2.45, 2.75) is 116 Å². The highest BCUT2D eigenvalue weighted by Gasteiger charge is 2.11. The Morgan fingerprint density at radius 2 is 1.18 bits per heavy atom. The molecule has 0 spiro atoms. The number of carbonyl (C=O) groups is 1. The van der Waals surface area contributed by atoms with Gasteiger partial charge in [0, 0.05) is 0 Å². The second-order valence-corrected chi connectivity index (χ2v) is 6.47. The molecule has 22 heavy (non-hydrogen) atoms. The van der Waals surface area contributed by atoms with E-state index in [9.17, 15) is 4.79 Å². The molecule has 0 saturated carbocycles. The minimum Gasteiger partial charge on any atom is -0.450 e. The Balaban J connectivity index is 3.29. The fourth-order valence-electron chi connectivity index (χ4n) is 2.94. The van der Waals surface area contributed by atoms with Gasteiger partial charge >= 0.3 is 6.16 Å². The third-order valence-corrected chi connectivity index (χ3v) is 4.26. The van der Waals surface area contributed by atoms with Gasteiger partial charge < -0.3 is 9.84 Å².